The largest absolute Gasteiger partial charge is 0.382 e. The number of hydrogen-bond donors (Lipinski definition) is 3. The molecule has 170 valence electrons. The first-order valence-corrected chi connectivity index (χ1v) is 11.3. The van der Waals surface area contributed by atoms with Gasteiger partial charge < -0.3 is 20.9 Å². The van der Waals surface area contributed by atoms with E-state index >= 15 is 0 Å². The highest BCUT2D eigenvalue weighted by Crippen LogP contribution is 2.20. The highest BCUT2D eigenvalue weighted by molar-refractivity contribution is 5.94. The predicted octanol–water partition coefficient (Wildman–Crippen LogP) is 4.97. The number of hydrogen-bond acceptors (Lipinski definition) is 7. The van der Waals surface area contributed by atoms with Crippen LogP contribution in [0.25, 0.3) is 0 Å². The molecule has 4 rings (SSSR count). The van der Waals surface area contributed by atoms with Crippen LogP contribution in [0.2, 0.25) is 0 Å². The lowest BCUT2D eigenvalue weighted by Crippen LogP contribution is -2.35. The average molecular weight is 444 g/mol. The number of likely N-dealkylation sites (tertiary alicyclic amines) is 1. The summed E-state index contributed by atoms with van der Waals surface area (Å²) < 4.78 is 0. The lowest BCUT2D eigenvalue weighted by molar-refractivity contribution is 0.0724. The number of carbonyl (C=O) groups is 1. The second-order valence-electron chi connectivity index (χ2n) is 7.84. The Kier molecular flexibility index (Phi) is 7.48. The summed E-state index contributed by atoms with van der Waals surface area (Å²) in [4.78, 5) is 27.4. The summed E-state index contributed by atoms with van der Waals surface area (Å²) >= 11 is 0. The van der Waals surface area contributed by atoms with Gasteiger partial charge in [-0.15, -0.1) is 0 Å². The number of benzene rings is 2. The zero-order chi connectivity index (χ0) is 22.9. The van der Waals surface area contributed by atoms with Crippen molar-refractivity contribution in [2.45, 2.75) is 26.2 Å². The van der Waals surface area contributed by atoms with Crippen LogP contribution in [-0.4, -0.2) is 45.4 Å². The fraction of sp³-hybridized carbons (Fsp3) is 0.280. The predicted molar refractivity (Wildman–Crippen MR) is 132 cm³/mol. The van der Waals surface area contributed by atoms with Crippen molar-refractivity contribution in [3.63, 3.8) is 0 Å². The van der Waals surface area contributed by atoms with E-state index in [9.17, 15) is 4.79 Å². The van der Waals surface area contributed by atoms with E-state index < -0.39 is 0 Å². The number of amides is 1. The van der Waals surface area contributed by atoms with Gasteiger partial charge >= 0.3 is 0 Å². The standard InChI is InChI=1S/C25H29N7O/c1-2-3-14-26-21-8-7-9-22(17-21)30-25-28-18-27-24(31-25)29-20-12-10-19(11-13-20)23(33)32-15-5-4-6-16-32/h2-3,7-13,17-18,26H,4-6,14-16H2,1H3,(H2,27,28,29,30,31)/b3-2+. The Hall–Kier alpha value is -3.94. The van der Waals surface area contributed by atoms with Gasteiger partial charge in [-0.05, 0) is 68.7 Å². The Bertz CT molecular complexity index is 1090. The fourth-order valence-electron chi connectivity index (χ4n) is 3.65. The third-order valence-corrected chi connectivity index (χ3v) is 5.38. The second kappa shape index (κ2) is 11.1. The Labute approximate surface area is 194 Å². The maximum Gasteiger partial charge on any atom is 0.253 e. The van der Waals surface area contributed by atoms with E-state index in [-0.39, 0.29) is 5.91 Å². The van der Waals surface area contributed by atoms with Crippen LogP contribution in [0.1, 0.15) is 36.5 Å². The minimum atomic E-state index is 0.0929. The van der Waals surface area contributed by atoms with Crippen LogP contribution in [0.4, 0.5) is 29.0 Å². The molecule has 1 aromatic heterocycles. The summed E-state index contributed by atoms with van der Waals surface area (Å²) in [5.74, 6) is 0.954. The quantitative estimate of drug-likeness (QED) is 0.423. The zero-order valence-electron chi connectivity index (χ0n) is 18.8. The van der Waals surface area contributed by atoms with Gasteiger partial charge in [-0.2, -0.15) is 4.98 Å². The summed E-state index contributed by atoms with van der Waals surface area (Å²) in [7, 11) is 0. The first-order valence-electron chi connectivity index (χ1n) is 11.3. The van der Waals surface area contributed by atoms with Crippen LogP contribution in [0, 0.1) is 0 Å². The van der Waals surface area contributed by atoms with Gasteiger partial charge in [0.25, 0.3) is 5.91 Å². The maximum absolute atomic E-state index is 12.6. The summed E-state index contributed by atoms with van der Waals surface area (Å²) in [5.41, 5.74) is 3.38. The van der Waals surface area contributed by atoms with Gasteiger partial charge in [0.1, 0.15) is 6.33 Å². The van der Waals surface area contributed by atoms with E-state index in [1.807, 2.05) is 66.4 Å². The molecule has 1 aliphatic heterocycles. The molecular weight excluding hydrogens is 414 g/mol. The summed E-state index contributed by atoms with van der Waals surface area (Å²) in [5, 5.41) is 9.72. The third kappa shape index (κ3) is 6.29. The minimum Gasteiger partial charge on any atom is -0.382 e. The molecule has 2 heterocycles. The number of allylic oxidation sites excluding steroid dienone is 1. The van der Waals surface area contributed by atoms with Gasteiger partial charge in [0.05, 0.1) is 0 Å². The monoisotopic (exact) mass is 443 g/mol. The van der Waals surface area contributed by atoms with Crippen molar-refractivity contribution in [1.82, 2.24) is 19.9 Å². The van der Waals surface area contributed by atoms with Crippen LogP contribution in [0.5, 0.6) is 0 Å². The topological polar surface area (TPSA) is 95.1 Å². The smallest absolute Gasteiger partial charge is 0.253 e. The van der Waals surface area contributed by atoms with Gasteiger partial charge in [0.2, 0.25) is 11.9 Å². The molecule has 0 spiro atoms. The van der Waals surface area contributed by atoms with Gasteiger partial charge in [-0.25, -0.2) is 9.97 Å². The molecular formula is C25H29N7O. The molecule has 0 unspecified atom stereocenters. The molecule has 1 fully saturated rings. The fourth-order valence-corrected chi connectivity index (χ4v) is 3.65. The molecule has 8 nitrogen and oxygen atoms in total. The highest BCUT2D eigenvalue weighted by atomic mass is 16.2. The Balaban J connectivity index is 1.38. The number of nitrogens with zero attached hydrogens (tertiary/aromatic N) is 4. The van der Waals surface area contributed by atoms with E-state index in [4.69, 9.17) is 0 Å². The van der Waals surface area contributed by atoms with E-state index in [2.05, 4.69) is 37.0 Å². The van der Waals surface area contributed by atoms with E-state index in [0.717, 1.165) is 49.5 Å². The van der Waals surface area contributed by atoms with Gasteiger partial charge in [-0.1, -0.05) is 18.2 Å². The molecule has 3 aromatic rings. The molecule has 3 N–H and O–H groups in total. The maximum atomic E-state index is 12.6. The highest BCUT2D eigenvalue weighted by Gasteiger charge is 2.17. The number of carbonyl (C=O) groups excluding carboxylic acids is 1. The number of aromatic nitrogens is 3. The Morgan fingerprint density at radius 1 is 0.939 bits per heavy atom. The van der Waals surface area contributed by atoms with Gasteiger partial charge in [0, 0.05) is 42.3 Å². The lowest BCUT2D eigenvalue weighted by atomic mass is 10.1. The van der Waals surface area contributed by atoms with Crippen molar-refractivity contribution in [2.24, 2.45) is 0 Å². The molecule has 8 heteroatoms. The lowest BCUT2D eigenvalue weighted by Gasteiger charge is -2.26. The first-order chi connectivity index (χ1) is 16.2. The van der Waals surface area contributed by atoms with Crippen molar-refractivity contribution >= 4 is 34.9 Å². The first kappa shape index (κ1) is 22.3. The van der Waals surface area contributed by atoms with Crippen molar-refractivity contribution in [3.05, 3.63) is 72.6 Å². The van der Waals surface area contributed by atoms with Crippen molar-refractivity contribution in [3.8, 4) is 0 Å². The van der Waals surface area contributed by atoms with Crippen molar-refractivity contribution in [1.29, 1.82) is 0 Å². The van der Waals surface area contributed by atoms with Crippen LogP contribution >= 0.6 is 0 Å². The molecule has 0 aliphatic carbocycles. The Morgan fingerprint density at radius 3 is 2.36 bits per heavy atom. The van der Waals surface area contributed by atoms with E-state index in [1.54, 1.807) is 0 Å². The minimum absolute atomic E-state index is 0.0929. The van der Waals surface area contributed by atoms with Crippen LogP contribution in [0.3, 0.4) is 0 Å². The van der Waals surface area contributed by atoms with Gasteiger partial charge in [0.15, 0.2) is 0 Å². The summed E-state index contributed by atoms with van der Waals surface area (Å²) in [6.07, 6.45) is 8.89. The third-order valence-electron chi connectivity index (χ3n) is 5.38. The van der Waals surface area contributed by atoms with Crippen molar-refractivity contribution in [2.75, 3.05) is 35.6 Å². The molecule has 0 bridgehead atoms. The SMILES string of the molecule is C/C=C/CNc1cccc(Nc2ncnc(Nc3ccc(C(=O)N4CCCCC4)cc3)n2)c1. The molecule has 1 amide bonds. The van der Waals surface area contributed by atoms with E-state index in [1.165, 1.54) is 12.7 Å². The molecule has 33 heavy (non-hydrogen) atoms. The molecule has 1 aliphatic rings. The molecule has 1 saturated heterocycles. The Morgan fingerprint density at radius 2 is 1.64 bits per heavy atom. The number of nitrogens with one attached hydrogen (secondary N) is 3. The van der Waals surface area contributed by atoms with Gasteiger partial charge in [-0.3, -0.25) is 4.79 Å². The van der Waals surface area contributed by atoms with Crippen LogP contribution in [0.15, 0.2) is 67.0 Å². The molecule has 2 aromatic carbocycles. The average Bonchev–Trinajstić information content (AvgIpc) is 2.85. The van der Waals surface area contributed by atoms with Crippen LogP contribution < -0.4 is 16.0 Å². The number of anilines is 5. The number of piperidine rings is 1. The van der Waals surface area contributed by atoms with E-state index in [0.29, 0.717) is 17.5 Å². The zero-order valence-corrected chi connectivity index (χ0v) is 18.8. The van der Waals surface area contributed by atoms with Crippen LogP contribution in [-0.2, 0) is 0 Å². The normalized spacial score (nSPS) is 13.7. The molecule has 0 radical (unpaired) electrons. The summed E-state index contributed by atoms with van der Waals surface area (Å²) in [6, 6.07) is 15.3. The molecule has 0 saturated carbocycles. The van der Waals surface area contributed by atoms with Crippen molar-refractivity contribution < 1.29 is 4.79 Å². The summed E-state index contributed by atoms with van der Waals surface area (Å²) in [6.45, 7) is 4.44. The number of rotatable bonds is 8. The molecule has 0 atom stereocenters. The second-order valence-corrected chi connectivity index (χ2v) is 7.84.